The lowest BCUT2D eigenvalue weighted by atomic mass is 10.00. The number of alkyl halides is 1. The van der Waals surface area contributed by atoms with Crippen molar-refractivity contribution in [3.05, 3.63) is 34.4 Å². The minimum Gasteiger partial charge on any atom is -0.309 e. The van der Waals surface area contributed by atoms with Gasteiger partial charge in [0.05, 0.1) is 0 Å². The van der Waals surface area contributed by atoms with Gasteiger partial charge in [-0.15, -0.1) is 0 Å². The van der Waals surface area contributed by atoms with E-state index in [9.17, 15) is 0 Å². The van der Waals surface area contributed by atoms with Crippen molar-refractivity contribution < 1.29 is 0 Å². The first-order valence-electron chi connectivity index (χ1n) is 5.40. The van der Waals surface area contributed by atoms with Crippen LogP contribution in [0.15, 0.2) is 12.1 Å². The fourth-order valence-electron chi connectivity index (χ4n) is 1.82. The molecule has 0 aliphatic heterocycles. The van der Waals surface area contributed by atoms with E-state index in [0.717, 1.165) is 11.9 Å². The minimum atomic E-state index is 0.519. The lowest BCUT2D eigenvalue weighted by molar-refractivity contribution is 0.595. The quantitative estimate of drug-likeness (QED) is 0.826. The highest BCUT2D eigenvalue weighted by atomic mass is 79.9. The summed E-state index contributed by atoms with van der Waals surface area (Å²) in [5, 5.41) is 4.50. The summed E-state index contributed by atoms with van der Waals surface area (Å²) in [7, 11) is 0. The first kappa shape index (κ1) is 12.7. The smallest absolute Gasteiger partial charge is 0.0213 e. The van der Waals surface area contributed by atoms with E-state index in [2.05, 4.69) is 61.1 Å². The van der Waals surface area contributed by atoms with Crippen molar-refractivity contribution in [1.29, 1.82) is 0 Å². The lowest BCUT2D eigenvalue weighted by Crippen LogP contribution is -2.27. The van der Waals surface area contributed by atoms with Crippen LogP contribution >= 0.6 is 15.9 Å². The predicted octanol–water partition coefficient (Wildman–Crippen LogP) is 3.48. The van der Waals surface area contributed by atoms with Gasteiger partial charge in [0.25, 0.3) is 0 Å². The van der Waals surface area contributed by atoms with Crippen molar-refractivity contribution in [2.24, 2.45) is 0 Å². The van der Waals surface area contributed by atoms with Gasteiger partial charge in [0, 0.05) is 17.9 Å². The number of hydrogen-bond acceptors (Lipinski definition) is 1. The molecule has 0 aliphatic rings. The van der Waals surface area contributed by atoms with Crippen LogP contribution in [-0.2, 0) is 6.54 Å². The van der Waals surface area contributed by atoms with Gasteiger partial charge < -0.3 is 5.32 Å². The Morgan fingerprint density at radius 3 is 2.20 bits per heavy atom. The Bertz CT molecular complexity index is 310. The Morgan fingerprint density at radius 2 is 1.73 bits per heavy atom. The van der Waals surface area contributed by atoms with Crippen LogP contribution in [0, 0.1) is 20.8 Å². The Kier molecular flexibility index (Phi) is 4.81. The Labute approximate surface area is 101 Å². The molecule has 0 bridgehead atoms. The van der Waals surface area contributed by atoms with Gasteiger partial charge in [-0.2, -0.15) is 0 Å². The molecule has 0 fully saturated rings. The van der Waals surface area contributed by atoms with Crippen molar-refractivity contribution in [2.45, 2.75) is 40.3 Å². The maximum Gasteiger partial charge on any atom is 0.0213 e. The molecule has 1 unspecified atom stereocenters. The lowest BCUT2D eigenvalue weighted by Gasteiger charge is -2.15. The molecule has 84 valence electrons. The highest BCUT2D eigenvalue weighted by molar-refractivity contribution is 9.09. The van der Waals surface area contributed by atoms with Gasteiger partial charge in [0.1, 0.15) is 0 Å². The van der Waals surface area contributed by atoms with Gasteiger partial charge in [-0.25, -0.2) is 0 Å². The van der Waals surface area contributed by atoms with Crippen LogP contribution in [0.4, 0.5) is 0 Å². The van der Waals surface area contributed by atoms with E-state index in [-0.39, 0.29) is 0 Å². The van der Waals surface area contributed by atoms with Crippen molar-refractivity contribution in [3.63, 3.8) is 0 Å². The Balaban J connectivity index is 2.77. The van der Waals surface area contributed by atoms with E-state index in [4.69, 9.17) is 0 Å². The number of halogens is 1. The van der Waals surface area contributed by atoms with Crippen molar-refractivity contribution >= 4 is 15.9 Å². The summed E-state index contributed by atoms with van der Waals surface area (Å²) in [6.07, 6.45) is 0. The van der Waals surface area contributed by atoms with Crippen LogP contribution in [0.3, 0.4) is 0 Å². The maximum atomic E-state index is 3.50. The van der Waals surface area contributed by atoms with Crippen molar-refractivity contribution in [3.8, 4) is 0 Å². The molecular formula is C13H20BrN. The van der Waals surface area contributed by atoms with Crippen molar-refractivity contribution in [1.82, 2.24) is 5.32 Å². The van der Waals surface area contributed by atoms with E-state index in [1.165, 1.54) is 22.3 Å². The SMILES string of the molecule is Cc1cc(C)c(CNC(C)CBr)c(C)c1. The summed E-state index contributed by atoms with van der Waals surface area (Å²) in [5.74, 6) is 0. The normalized spacial score (nSPS) is 12.9. The number of benzene rings is 1. The predicted molar refractivity (Wildman–Crippen MR) is 70.7 cm³/mol. The zero-order valence-corrected chi connectivity index (χ0v) is 11.6. The number of nitrogens with one attached hydrogen (secondary N) is 1. The molecular weight excluding hydrogens is 250 g/mol. The van der Waals surface area contributed by atoms with E-state index in [1.807, 2.05) is 0 Å². The topological polar surface area (TPSA) is 12.0 Å². The van der Waals surface area contributed by atoms with E-state index < -0.39 is 0 Å². The molecule has 2 heteroatoms. The van der Waals surface area contributed by atoms with Gasteiger partial charge in [0.15, 0.2) is 0 Å². The summed E-state index contributed by atoms with van der Waals surface area (Å²) in [6, 6.07) is 5.02. The third-order valence-electron chi connectivity index (χ3n) is 2.70. The average Bonchev–Trinajstić information content (AvgIpc) is 2.15. The summed E-state index contributed by atoms with van der Waals surface area (Å²) in [4.78, 5) is 0. The van der Waals surface area contributed by atoms with E-state index >= 15 is 0 Å². The average molecular weight is 270 g/mol. The molecule has 0 aromatic heterocycles. The van der Waals surface area contributed by atoms with Gasteiger partial charge in [-0.1, -0.05) is 33.6 Å². The van der Waals surface area contributed by atoms with Crippen LogP contribution < -0.4 is 5.32 Å². The summed E-state index contributed by atoms with van der Waals surface area (Å²) < 4.78 is 0. The largest absolute Gasteiger partial charge is 0.309 e. The standard InChI is InChI=1S/C13H20BrN/c1-9-5-10(2)13(11(3)6-9)8-15-12(4)7-14/h5-6,12,15H,7-8H2,1-4H3. The second kappa shape index (κ2) is 5.66. The molecule has 1 nitrogen and oxygen atoms in total. The monoisotopic (exact) mass is 269 g/mol. The molecule has 1 rings (SSSR count). The first-order chi connectivity index (χ1) is 7.04. The fourth-order valence-corrected chi connectivity index (χ4v) is 2.05. The zero-order chi connectivity index (χ0) is 11.4. The molecule has 0 aliphatic carbocycles. The number of hydrogen-bond donors (Lipinski definition) is 1. The van der Waals surface area contributed by atoms with Crippen LogP contribution in [-0.4, -0.2) is 11.4 Å². The second-order valence-electron chi connectivity index (χ2n) is 4.31. The molecule has 0 amide bonds. The third-order valence-corrected chi connectivity index (χ3v) is 3.67. The molecule has 1 aromatic carbocycles. The van der Waals surface area contributed by atoms with Crippen LogP contribution in [0.5, 0.6) is 0 Å². The van der Waals surface area contributed by atoms with Crippen LogP contribution in [0.1, 0.15) is 29.2 Å². The molecule has 1 atom stereocenters. The van der Waals surface area contributed by atoms with E-state index in [0.29, 0.717) is 6.04 Å². The Morgan fingerprint density at radius 1 is 1.20 bits per heavy atom. The number of aryl methyl sites for hydroxylation is 3. The molecule has 0 saturated carbocycles. The Hall–Kier alpha value is -0.340. The fraction of sp³-hybridized carbons (Fsp3) is 0.538. The number of rotatable bonds is 4. The molecule has 1 aromatic rings. The molecule has 0 heterocycles. The van der Waals surface area contributed by atoms with Gasteiger partial charge >= 0.3 is 0 Å². The highest BCUT2D eigenvalue weighted by Crippen LogP contribution is 2.16. The summed E-state index contributed by atoms with van der Waals surface area (Å²) >= 11 is 3.47. The van der Waals surface area contributed by atoms with Crippen LogP contribution in [0.25, 0.3) is 0 Å². The van der Waals surface area contributed by atoms with Gasteiger partial charge in [-0.3, -0.25) is 0 Å². The van der Waals surface area contributed by atoms with Gasteiger partial charge in [-0.05, 0) is 44.4 Å². The molecule has 0 saturated heterocycles. The zero-order valence-electron chi connectivity index (χ0n) is 10.0. The molecule has 0 radical (unpaired) electrons. The third kappa shape index (κ3) is 3.62. The van der Waals surface area contributed by atoms with Crippen molar-refractivity contribution in [2.75, 3.05) is 5.33 Å². The minimum absolute atomic E-state index is 0.519. The summed E-state index contributed by atoms with van der Waals surface area (Å²) in [5.41, 5.74) is 5.57. The molecule has 15 heavy (non-hydrogen) atoms. The van der Waals surface area contributed by atoms with E-state index in [1.54, 1.807) is 0 Å². The van der Waals surface area contributed by atoms with Gasteiger partial charge in [0.2, 0.25) is 0 Å². The molecule has 1 N–H and O–H groups in total. The maximum absolute atomic E-state index is 3.50. The highest BCUT2D eigenvalue weighted by Gasteiger charge is 2.05. The molecule has 0 spiro atoms. The van der Waals surface area contributed by atoms with Crippen LogP contribution in [0.2, 0.25) is 0 Å². The second-order valence-corrected chi connectivity index (χ2v) is 4.96. The first-order valence-corrected chi connectivity index (χ1v) is 6.52. The summed E-state index contributed by atoms with van der Waals surface area (Å²) in [6.45, 7) is 9.68.